The summed E-state index contributed by atoms with van der Waals surface area (Å²) in [5.41, 5.74) is 2.90. The number of thiophene rings is 1. The monoisotopic (exact) mass is 317 g/mol. The number of nitrogens with one attached hydrogen (secondary N) is 1. The number of hydrogen-bond acceptors (Lipinski definition) is 3. The van der Waals surface area contributed by atoms with E-state index in [1.165, 1.54) is 21.8 Å². The van der Waals surface area contributed by atoms with Crippen molar-refractivity contribution in [3.8, 4) is 0 Å². The van der Waals surface area contributed by atoms with Crippen LogP contribution in [0.5, 0.6) is 0 Å². The van der Waals surface area contributed by atoms with Crippen molar-refractivity contribution in [3.05, 3.63) is 52.9 Å². The summed E-state index contributed by atoms with van der Waals surface area (Å²) in [6, 6.07) is 14.1. The van der Waals surface area contributed by atoms with Gasteiger partial charge in [-0.3, -0.25) is 0 Å². The molecule has 3 rings (SSSR count). The van der Waals surface area contributed by atoms with Crippen molar-refractivity contribution in [3.63, 3.8) is 0 Å². The van der Waals surface area contributed by atoms with E-state index in [0.29, 0.717) is 23.3 Å². The van der Waals surface area contributed by atoms with Gasteiger partial charge in [0.2, 0.25) is 0 Å². The predicted molar refractivity (Wildman–Crippen MR) is 94.2 cm³/mol. The lowest BCUT2D eigenvalue weighted by atomic mass is 9.93. The summed E-state index contributed by atoms with van der Waals surface area (Å²) < 4.78 is 1.50. The quantitative estimate of drug-likeness (QED) is 0.781. The van der Waals surface area contributed by atoms with Crippen molar-refractivity contribution in [2.75, 3.05) is 0 Å². The molecular formula is C18H23NS2. The van der Waals surface area contributed by atoms with Crippen LogP contribution in [-0.2, 0) is 0 Å². The highest BCUT2D eigenvalue weighted by molar-refractivity contribution is 8.01. The molecule has 1 N–H and O–H groups in total. The van der Waals surface area contributed by atoms with Crippen LogP contribution in [0.15, 0.2) is 46.0 Å². The lowest BCUT2D eigenvalue weighted by molar-refractivity contribution is 0.347. The lowest BCUT2D eigenvalue weighted by Gasteiger charge is -2.33. The SMILES string of the molecule is CC(C)C(NC1C[C@H](C)Sc2sccc21)c1ccccc1. The molecule has 21 heavy (non-hydrogen) atoms. The van der Waals surface area contributed by atoms with Crippen molar-refractivity contribution in [2.45, 2.75) is 48.7 Å². The molecule has 0 saturated carbocycles. The maximum atomic E-state index is 3.94. The standard InChI is InChI=1S/C18H23NS2/c1-12(2)17(14-7-5-4-6-8-14)19-16-11-13(3)21-18-15(16)9-10-20-18/h4-10,12-13,16-17,19H,11H2,1-3H3/t13-,16?,17?/m0/s1. The summed E-state index contributed by atoms with van der Waals surface area (Å²) in [6.45, 7) is 6.95. The molecular weight excluding hydrogens is 294 g/mol. The molecule has 2 heterocycles. The smallest absolute Gasteiger partial charge is 0.0649 e. The van der Waals surface area contributed by atoms with Crippen molar-refractivity contribution in [2.24, 2.45) is 5.92 Å². The second-order valence-electron chi connectivity index (χ2n) is 6.18. The Balaban J connectivity index is 1.84. The van der Waals surface area contributed by atoms with Crippen LogP contribution in [0.2, 0.25) is 0 Å². The van der Waals surface area contributed by atoms with Gasteiger partial charge in [0.1, 0.15) is 0 Å². The summed E-state index contributed by atoms with van der Waals surface area (Å²) in [7, 11) is 0. The van der Waals surface area contributed by atoms with E-state index in [-0.39, 0.29) is 0 Å². The average Bonchev–Trinajstić information content (AvgIpc) is 2.93. The van der Waals surface area contributed by atoms with Gasteiger partial charge in [-0.15, -0.1) is 23.1 Å². The van der Waals surface area contributed by atoms with E-state index < -0.39 is 0 Å². The minimum absolute atomic E-state index is 0.416. The van der Waals surface area contributed by atoms with Gasteiger partial charge in [-0.05, 0) is 34.9 Å². The van der Waals surface area contributed by atoms with Crippen LogP contribution in [0.4, 0.5) is 0 Å². The average molecular weight is 318 g/mol. The third-order valence-corrected chi connectivity index (χ3v) is 6.46. The molecule has 3 heteroatoms. The summed E-state index contributed by atoms with van der Waals surface area (Å²) in [5, 5.41) is 6.86. The maximum Gasteiger partial charge on any atom is 0.0649 e. The molecule has 112 valence electrons. The van der Waals surface area contributed by atoms with E-state index in [4.69, 9.17) is 0 Å². The van der Waals surface area contributed by atoms with E-state index in [0.717, 1.165) is 0 Å². The number of rotatable bonds is 4. The molecule has 0 aliphatic carbocycles. The molecule has 0 radical (unpaired) electrons. The van der Waals surface area contributed by atoms with Gasteiger partial charge in [0.05, 0.1) is 4.21 Å². The Morgan fingerprint density at radius 3 is 2.62 bits per heavy atom. The number of hydrogen-bond donors (Lipinski definition) is 1. The van der Waals surface area contributed by atoms with Crippen LogP contribution in [0.25, 0.3) is 0 Å². The van der Waals surface area contributed by atoms with Gasteiger partial charge in [0.25, 0.3) is 0 Å². The number of benzene rings is 1. The van der Waals surface area contributed by atoms with Crippen LogP contribution in [0.3, 0.4) is 0 Å². The van der Waals surface area contributed by atoms with Gasteiger partial charge < -0.3 is 5.32 Å². The van der Waals surface area contributed by atoms with Gasteiger partial charge in [0.15, 0.2) is 0 Å². The molecule has 0 amide bonds. The van der Waals surface area contributed by atoms with Crippen molar-refractivity contribution in [1.82, 2.24) is 5.32 Å². The van der Waals surface area contributed by atoms with E-state index in [1.54, 1.807) is 0 Å². The van der Waals surface area contributed by atoms with Gasteiger partial charge in [0, 0.05) is 17.3 Å². The topological polar surface area (TPSA) is 12.0 Å². The summed E-state index contributed by atoms with van der Waals surface area (Å²) in [4.78, 5) is 0. The van der Waals surface area contributed by atoms with Gasteiger partial charge in [-0.2, -0.15) is 0 Å². The minimum Gasteiger partial charge on any atom is -0.303 e. The largest absolute Gasteiger partial charge is 0.303 e. The Kier molecular flexibility index (Phi) is 4.72. The van der Waals surface area contributed by atoms with Crippen LogP contribution >= 0.6 is 23.1 Å². The van der Waals surface area contributed by atoms with Crippen LogP contribution in [0, 0.1) is 5.92 Å². The van der Waals surface area contributed by atoms with Gasteiger partial charge >= 0.3 is 0 Å². The molecule has 1 aromatic carbocycles. The van der Waals surface area contributed by atoms with E-state index >= 15 is 0 Å². The first-order valence-corrected chi connectivity index (χ1v) is 9.46. The normalized spacial score (nSPS) is 23.0. The van der Waals surface area contributed by atoms with E-state index in [1.807, 2.05) is 23.1 Å². The second-order valence-corrected chi connectivity index (χ2v) is 8.80. The zero-order valence-corrected chi connectivity index (χ0v) is 14.5. The highest BCUT2D eigenvalue weighted by Gasteiger charge is 2.29. The van der Waals surface area contributed by atoms with Crippen molar-refractivity contribution >= 4 is 23.1 Å². The molecule has 0 spiro atoms. The molecule has 0 saturated heterocycles. The Labute approximate surface area is 136 Å². The Morgan fingerprint density at radius 1 is 1.14 bits per heavy atom. The van der Waals surface area contributed by atoms with Crippen LogP contribution in [0.1, 0.15) is 50.4 Å². The minimum atomic E-state index is 0.416. The van der Waals surface area contributed by atoms with Crippen molar-refractivity contribution < 1.29 is 0 Å². The van der Waals surface area contributed by atoms with E-state index in [2.05, 4.69) is 67.9 Å². The van der Waals surface area contributed by atoms with E-state index in [9.17, 15) is 0 Å². The molecule has 2 unspecified atom stereocenters. The van der Waals surface area contributed by atoms with Gasteiger partial charge in [-0.1, -0.05) is 51.1 Å². The molecule has 1 aromatic heterocycles. The number of thioether (sulfide) groups is 1. The van der Waals surface area contributed by atoms with Crippen molar-refractivity contribution in [1.29, 1.82) is 0 Å². The fraction of sp³-hybridized carbons (Fsp3) is 0.444. The highest BCUT2D eigenvalue weighted by atomic mass is 32.2. The fourth-order valence-electron chi connectivity index (χ4n) is 3.06. The van der Waals surface area contributed by atoms with Crippen LogP contribution in [-0.4, -0.2) is 5.25 Å². The summed E-state index contributed by atoms with van der Waals surface area (Å²) in [6.07, 6.45) is 1.21. The highest BCUT2D eigenvalue weighted by Crippen LogP contribution is 2.44. The molecule has 2 aromatic rings. The molecule has 0 fully saturated rings. The first-order valence-electron chi connectivity index (χ1n) is 7.70. The molecule has 1 nitrogen and oxygen atoms in total. The third kappa shape index (κ3) is 3.36. The Bertz CT molecular complexity index is 576. The van der Waals surface area contributed by atoms with Gasteiger partial charge in [-0.25, -0.2) is 0 Å². The number of fused-ring (bicyclic) bond motifs is 1. The first kappa shape index (κ1) is 15.1. The second kappa shape index (κ2) is 6.55. The Morgan fingerprint density at radius 2 is 1.90 bits per heavy atom. The Hall–Kier alpha value is -0.770. The molecule has 1 aliphatic heterocycles. The molecule has 3 atom stereocenters. The summed E-state index contributed by atoms with van der Waals surface area (Å²) in [5.74, 6) is 0.583. The third-order valence-electron chi connectivity index (χ3n) is 4.12. The summed E-state index contributed by atoms with van der Waals surface area (Å²) >= 11 is 3.92. The molecule has 1 aliphatic rings. The fourth-order valence-corrected chi connectivity index (χ4v) is 5.62. The lowest BCUT2D eigenvalue weighted by Crippen LogP contribution is -2.32. The maximum absolute atomic E-state index is 3.94. The molecule has 0 bridgehead atoms. The predicted octanol–water partition coefficient (Wildman–Crippen LogP) is 5.66. The zero-order valence-electron chi connectivity index (χ0n) is 12.9. The van der Waals surface area contributed by atoms with Crippen LogP contribution < -0.4 is 5.32 Å². The zero-order chi connectivity index (χ0) is 14.8. The first-order chi connectivity index (χ1) is 10.1.